The van der Waals surface area contributed by atoms with Crippen LogP contribution in [0.5, 0.6) is 0 Å². The second-order valence-corrected chi connectivity index (χ2v) is 8.29. The van der Waals surface area contributed by atoms with Gasteiger partial charge in [0, 0.05) is 55.5 Å². The first kappa shape index (κ1) is 19.0. The zero-order chi connectivity index (χ0) is 19.3. The van der Waals surface area contributed by atoms with E-state index in [1.165, 1.54) is 25.0 Å². The maximum absolute atomic E-state index is 12.6. The average Bonchev–Trinajstić information content (AvgIpc) is 3.10. The fourth-order valence-corrected chi connectivity index (χ4v) is 4.51. The van der Waals surface area contributed by atoms with Crippen LogP contribution >= 0.6 is 0 Å². The Hall–Kier alpha value is -2.37. The molecule has 0 unspecified atom stereocenters. The first-order valence-electron chi connectivity index (χ1n) is 10.7. The van der Waals surface area contributed by atoms with Crippen molar-refractivity contribution in [2.75, 3.05) is 13.1 Å². The minimum Gasteiger partial charge on any atom is -0.335 e. The van der Waals surface area contributed by atoms with Crippen LogP contribution in [0.1, 0.15) is 50.6 Å². The molecule has 1 saturated heterocycles. The van der Waals surface area contributed by atoms with Crippen molar-refractivity contribution in [2.45, 2.75) is 64.5 Å². The number of likely N-dealkylation sites (tertiary alicyclic amines) is 1. The predicted octanol–water partition coefficient (Wildman–Crippen LogP) is 4.01. The van der Waals surface area contributed by atoms with Gasteiger partial charge in [-0.15, -0.1) is 0 Å². The fourth-order valence-electron chi connectivity index (χ4n) is 4.51. The van der Waals surface area contributed by atoms with Crippen molar-refractivity contribution in [3.05, 3.63) is 36.4 Å². The summed E-state index contributed by atoms with van der Waals surface area (Å²) in [7, 11) is 0. The minimum atomic E-state index is 0.139. The average molecular weight is 382 g/mol. The molecular formula is C22H31N5O. The topological polar surface area (TPSA) is 63.1 Å². The van der Waals surface area contributed by atoms with Crippen molar-refractivity contribution in [3.63, 3.8) is 0 Å². The van der Waals surface area contributed by atoms with Crippen molar-refractivity contribution in [3.8, 4) is 11.4 Å². The van der Waals surface area contributed by atoms with Crippen LogP contribution in [0.3, 0.4) is 0 Å². The fraction of sp³-hybridized carbons (Fsp3) is 0.591. The summed E-state index contributed by atoms with van der Waals surface area (Å²) in [6, 6.07) is 4.53. The molecule has 2 aromatic heterocycles. The van der Waals surface area contributed by atoms with E-state index in [9.17, 15) is 4.79 Å². The van der Waals surface area contributed by atoms with Gasteiger partial charge in [-0.25, -0.2) is 9.78 Å². The highest BCUT2D eigenvalue weighted by Gasteiger charge is 2.26. The Kier molecular flexibility index (Phi) is 5.93. The first-order chi connectivity index (χ1) is 13.7. The van der Waals surface area contributed by atoms with Crippen molar-refractivity contribution >= 4 is 6.03 Å². The lowest BCUT2D eigenvalue weighted by Gasteiger charge is -2.34. The lowest BCUT2D eigenvalue weighted by Crippen LogP contribution is -2.48. The van der Waals surface area contributed by atoms with Crippen LogP contribution in [-0.2, 0) is 6.54 Å². The summed E-state index contributed by atoms with van der Waals surface area (Å²) in [5, 5.41) is 3.25. The zero-order valence-electron chi connectivity index (χ0n) is 16.8. The second kappa shape index (κ2) is 8.76. The molecule has 1 saturated carbocycles. The molecule has 3 heterocycles. The number of nitrogens with one attached hydrogen (secondary N) is 1. The highest BCUT2D eigenvalue weighted by Crippen LogP contribution is 2.25. The maximum Gasteiger partial charge on any atom is 0.317 e. The molecule has 2 aliphatic rings. The van der Waals surface area contributed by atoms with Crippen LogP contribution < -0.4 is 5.32 Å². The smallest absolute Gasteiger partial charge is 0.317 e. The quantitative estimate of drug-likeness (QED) is 0.870. The molecule has 0 radical (unpaired) electrons. The molecule has 4 rings (SSSR count). The zero-order valence-corrected chi connectivity index (χ0v) is 16.8. The first-order valence-corrected chi connectivity index (χ1v) is 10.7. The number of carbonyl (C=O) groups excluding carboxylic acids is 1. The molecule has 2 amide bonds. The van der Waals surface area contributed by atoms with Gasteiger partial charge in [-0.1, -0.05) is 19.3 Å². The molecule has 0 bridgehead atoms. The number of hydrogen-bond acceptors (Lipinski definition) is 3. The van der Waals surface area contributed by atoms with Gasteiger partial charge in [-0.3, -0.25) is 4.98 Å². The van der Waals surface area contributed by atoms with Gasteiger partial charge in [0.15, 0.2) is 0 Å². The van der Waals surface area contributed by atoms with Gasteiger partial charge in [0.2, 0.25) is 0 Å². The number of aryl methyl sites for hydroxylation is 1. The Bertz CT molecular complexity index is 773. The van der Waals surface area contributed by atoms with Crippen LogP contribution in [-0.4, -0.2) is 44.6 Å². The van der Waals surface area contributed by atoms with Gasteiger partial charge < -0.3 is 14.8 Å². The number of amides is 2. The summed E-state index contributed by atoms with van der Waals surface area (Å²) >= 11 is 0. The van der Waals surface area contributed by atoms with Crippen LogP contribution in [0.15, 0.2) is 30.7 Å². The number of aromatic nitrogens is 3. The Labute approximate surface area is 167 Å². The molecule has 1 aliphatic carbocycles. The number of pyridine rings is 1. The summed E-state index contributed by atoms with van der Waals surface area (Å²) in [5.74, 6) is 1.56. The van der Waals surface area contributed by atoms with E-state index in [1.807, 2.05) is 23.4 Å². The van der Waals surface area contributed by atoms with E-state index >= 15 is 0 Å². The highest BCUT2D eigenvalue weighted by molar-refractivity contribution is 5.74. The lowest BCUT2D eigenvalue weighted by atomic mass is 9.95. The molecule has 2 fully saturated rings. The molecule has 6 nitrogen and oxygen atoms in total. The number of urea groups is 1. The summed E-state index contributed by atoms with van der Waals surface area (Å²) in [4.78, 5) is 23.4. The normalized spacial score (nSPS) is 19.0. The maximum atomic E-state index is 12.6. The molecule has 2 aromatic rings. The van der Waals surface area contributed by atoms with Crippen LogP contribution in [0.4, 0.5) is 4.79 Å². The molecule has 28 heavy (non-hydrogen) atoms. The third-order valence-electron chi connectivity index (χ3n) is 6.25. The van der Waals surface area contributed by atoms with E-state index in [0.717, 1.165) is 56.7 Å². The van der Waals surface area contributed by atoms with Gasteiger partial charge in [0.05, 0.1) is 0 Å². The summed E-state index contributed by atoms with van der Waals surface area (Å²) in [5.41, 5.74) is 2.23. The van der Waals surface area contributed by atoms with E-state index in [4.69, 9.17) is 0 Å². The van der Waals surface area contributed by atoms with E-state index in [0.29, 0.717) is 12.0 Å². The Morgan fingerprint density at radius 1 is 1.14 bits per heavy atom. The molecular weight excluding hydrogens is 350 g/mol. The Morgan fingerprint density at radius 2 is 1.93 bits per heavy atom. The number of carbonyl (C=O) groups is 1. The third kappa shape index (κ3) is 4.37. The van der Waals surface area contributed by atoms with Crippen LogP contribution in [0.2, 0.25) is 0 Å². The molecule has 0 spiro atoms. The highest BCUT2D eigenvalue weighted by atomic mass is 16.2. The standard InChI is InChI=1S/C22H31N5O/c1-17-14-24-21(19-6-5-11-23-15-19)27(17)16-18-9-12-26(13-10-18)22(28)25-20-7-3-2-4-8-20/h5-6,11,14-15,18,20H,2-4,7-10,12-13,16H2,1H3,(H,25,28). The molecule has 1 aliphatic heterocycles. The number of hydrogen-bond donors (Lipinski definition) is 1. The van der Waals surface area contributed by atoms with E-state index in [2.05, 4.69) is 32.8 Å². The molecule has 6 heteroatoms. The van der Waals surface area contributed by atoms with Gasteiger partial charge in [-0.05, 0) is 50.7 Å². The van der Waals surface area contributed by atoms with E-state index in [-0.39, 0.29) is 6.03 Å². The van der Waals surface area contributed by atoms with E-state index in [1.54, 1.807) is 6.20 Å². The number of imidazole rings is 1. The van der Waals surface area contributed by atoms with Crippen LogP contribution in [0, 0.1) is 12.8 Å². The summed E-state index contributed by atoms with van der Waals surface area (Å²) in [6.07, 6.45) is 13.8. The van der Waals surface area contributed by atoms with Gasteiger partial charge in [0.25, 0.3) is 0 Å². The number of rotatable bonds is 4. The number of nitrogens with zero attached hydrogens (tertiary/aromatic N) is 4. The SMILES string of the molecule is Cc1cnc(-c2cccnc2)n1CC1CCN(C(=O)NC2CCCCC2)CC1. The Balaban J connectivity index is 1.32. The van der Waals surface area contributed by atoms with Gasteiger partial charge in [0.1, 0.15) is 5.82 Å². The van der Waals surface area contributed by atoms with Gasteiger partial charge >= 0.3 is 6.03 Å². The largest absolute Gasteiger partial charge is 0.335 e. The molecule has 0 atom stereocenters. The number of piperidine rings is 1. The van der Waals surface area contributed by atoms with Crippen molar-refractivity contribution in [1.82, 2.24) is 24.8 Å². The monoisotopic (exact) mass is 381 g/mol. The van der Waals surface area contributed by atoms with Crippen molar-refractivity contribution in [1.29, 1.82) is 0 Å². The molecule has 150 valence electrons. The van der Waals surface area contributed by atoms with Crippen molar-refractivity contribution in [2.24, 2.45) is 5.92 Å². The van der Waals surface area contributed by atoms with Gasteiger partial charge in [-0.2, -0.15) is 0 Å². The lowest BCUT2D eigenvalue weighted by molar-refractivity contribution is 0.160. The second-order valence-electron chi connectivity index (χ2n) is 8.29. The Morgan fingerprint density at radius 3 is 2.64 bits per heavy atom. The van der Waals surface area contributed by atoms with Crippen molar-refractivity contribution < 1.29 is 4.79 Å². The third-order valence-corrected chi connectivity index (χ3v) is 6.25. The summed E-state index contributed by atoms with van der Waals surface area (Å²) in [6.45, 7) is 4.76. The molecule has 0 aromatic carbocycles. The summed E-state index contributed by atoms with van der Waals surface area (Å²) < 4.78 is 2.30. The van der Waals surface area contributed by atoms with Crippen LogP contribution in [0.25, 0.3) is 11.4 Å². The molecule has 1 N–H and O–H groups in total. The van der Waals surface area contributed by atoms with E-state index < -0.39 is 0 Å². The predicted molar refractivity (Wildman–Crippen MR) is 110 cm³/mol. The minimum absolute atomic E-state index is 0.139.